The van der Waals surface area contributed by atoms with Crippen molar-refractivity contribution in [3.8, 4) is 5.75 Å². The number of hydrogen-bond donors (Lipinski definition) is 1. The van der Waals surface area contributed by atoms with E-state index < -0.39 is 0 Å². The highest BCUT2D eigenvalue weighted by Gasteiger charge is 2.04. The molecule has 16 heavy (non-hydrogen) atoms. The minimum atomic E-state index is -0.250. The minimum absolute atomic E-state index is 0.250. The summed E-state index contributed by atoms with van der Waals surface area (Å²) >= 11 is 0. The van der Waals surface area contributed by atoms with Gasteiger partial charge in [0.25, 0.3) is 0 Å². The van der Waals surface area contributed by atoms with Gasteiger partial charge in [0.15, 0.2) is 0 Å². The van der Waals surface area contributed by atoms with Crippen molar-refractivity contribution >= 4 is 0 Å². The second-order valence-corrected chi connectivity index (χ2v) is 4.62. The first kappa shape index (κ1) is 13.0. The van der Waals surface area contributed by atoms with Crippen molar-refractivity contribution in [2.24, 2.45) is 5.92 Å². The van der Waals surface area contributed by atoms with Crippen LogP contribution in [0.4, 0.5) is 0 Å². The minimum Gasteiger partial charge on any atom is -0.493 e. The van der Waals surface area contributed by atoms with E-state index in [1.165, 1.54) is 0 Å². The normalized spacial score (nSPS) is 12.8. The first-order valence-corrected chi connectivity index (χ1v) is 6.01. The van der Waals surface area contributed by atoms with E-state index in [9.17, 15) is 5.11 Å². The molecule has 1 N–H and O–H groups in total. The Morgan fingerprint density at radius 1 is 1.31 bits per heavy atom. The summed E-state index contributed by atoms with van der Waals surface area (Å²) in [5.41, 5.74) is 1.13. The fourth-order valence-corrected chi connectivity index (χ4v) is 1.44. The van der Waals surface area contributed by atoms with Crippen LogP contribution < -0.4 is 4.74 Å². The van der Waals surface area contributed by atoms with E-state index in [0.29, 0.717) is 12.3 Å². The van der Waals surface area contributed by atoms with Crippen LogP contribution >= 0.6 is 0 Å². The Morgan fingerprint density at radius 3 is 2.69 bits per heavy atom. The van der Waals surface area contributed by atoms with Gasteiger partial charge in [0.1, 0.15) is 5.75 Å². The lowest BCUT2D eigenvalue weighted by molar-refractivity contribution is 0.170. The molecule has 0 aliphatic rings. The van der Waals surface area contributed by atoms with Gasteiger partial charge in [-0.25, -0.2) is 0 Å². The SMILES string of the molecule is CCC(O)Cc1cccc(OCC(C)C)c1. The van der Waals surface area contributed by atoms with Crippen molar-refractivity contribution in [2.45, 2.75) is 39.7 Å². The van der Waals surface area contributed by atoms with Gasteiger partial charge >= 0.3 is 0 Å². The Morgan fingerprint density at radius 2 is 2.06 bits per heavy atom. The van der Waals surface area contributed by atoms with Gasteiger partial charge in [-0.15, -0.1) is 0 Å². The van der Waals surface area contributed by atoms with Gasteiger partial charge in [-0.2, -0.15) is 0 Å². The van der Waals surface area contributed by atoms with Crippen LogP contribution in [0.2, 0.25) is 0 Å². The quantitative estimate of drug-likeness (QED) is 0.801. The molecular weight excluding hydrogens is 200 g/mol. The molecule has 0 saturated carbocycles. The van der Waals surface area contributed by atoms with Crippen LogP contribution in [-0.2, 0) is 6.42 Å². The highest BCUT2D eigenvalue weighted by atomic mass is 16.5. The van der Waals surface area contributed by atoms with E-state index >= 15 is 0 Å². The second-order valence-electron chi connectivity index (χ2n) is 4.62. The molecule has 1 unspecified atom stereocenters. The number of aliphatic hydroxyl groups is 1. The van der Waals surface area contributed by atoms with Gasteiger partial charge < -0.3 is 9.84 Å². The summed E-state index contributed by atoms with van der Waals surface area (Å²) in [4.78, 5) is 0. The van der Waals surface area contributed by atoms with E-state index in [1.807, 2.05) is 31.2 Å². The molecule has 1 rings (SSSR count). The van der Waals surface area contributed by atoms with Crippen LogP contribution in [0.5, 0.6) is 5.75 Å². The van der Waals surface area contributed by atoms with Crippen molar-refractivity contribution in [1.29, 1.82) is 0 Å². The van der Waals surface area contributed by atoms with Crippen molar-refractivity contribution in [1.82, 2.24) is 0 Å². The fourth-order valence-electron chi connectivity index (χ4n) is 1.44. The topological polar surface area (TPSA) is 29.5 Å². The van der Waals surface area contributed by atoms with Gasteiger partial charge in [0, 0.05) is 0 Å². The molecule has 0 heterocycles. The maximum atomic E-state index is 9.58. The maximum Gasteiger partial charge on any atom is 0.119 e. The number of rotatable bonds is 6. The summed E-state index contributed by atoms with van der Waals surface area (Å²) in [6.45, 7) is 6.99. The van der Waals surface area contributed by atoms with Gasteiger partial charge in [0.05, 0.1) is 12.7 Å². The zero-order valence-electron chi connectivity index (χ0n) is 10.4. The average Bonchev–Trinajstić information content (AvgIpc) is 2.26. The molecule has 2 heteroatoms. The number of hydrogen-bond acceptors (Lipinski definition) is 2. The standard InChI is InChI=1S/C14H22O2/c1-4-13(15)8-12-6-5-7-14(9-12)16-10-11(2)3/h5-7,9,11,13,15H,4,8,10H2,1-3H3. The van der Waals surface area contributed by atoms with E-state index in [-0.39, 0.29) is 6.10 Å². The van der Waals surface area contributed by atoms with Crippen molar-refractivity contribution in [3.05, 3.63) is 29.8 Å². The van der Waals surface area contributed by atoms with Gasteiger partial charge in [-0.05, 0) is 36.5 Å². The van der Waals surface area contributed by atoms with E-state index in [0.717, 1.165) is 24.3 Å². The van der Waals surface area contributed by atoms with Crippen molar-refractivity contribution < 1.29 is 9.84 Å². The summed E-state index contributed by atoms with van der Waals surface area (Å²) < 4.78 is 5.64. The number of benzene rings is 1. The first-order valence-electron chi connectivity index (χ1n) is 6.01. The van der Waals surface area contributed by atoms with Crippen LogP contribution in [-0.4, -0.2) is 17.8 Å². The lowest BCUT2D eigenvalue weighted by atomic mass is 10.1. The van der Waals surface area contributed by atoms with Gasteiger partial charge in [0.2, 0.25) is 0 Å². The predicted octanol–water partition coefficient (Wildman–Crippen LogP) is 3.03. The summed E-state index contributed by atoms with van der Waals surface area (Å²) in [5, 5.41) is 9.58. The molecule has 0 aliphatic carbocycles. The Hall–Kier alpha value is -1.02. The molecule has 0 saturated heterocycles. The lowest BCUT2D eigenvalue weighted by Gasteiger charge is -2.11. The maximum absolute atomic E-state index is 9.58. The molecule has 0 amide bonds. The van der Waals surface area contributed by atoms with Crippen LogP contribution in [0.15, 0.2) is 24.3 Å². The molecule has 0 aromatic heterocycles. The molecule has 90 valence electrons. The van der Waals surface area contributed by atoms with Crippen LogP contribution in [0, 0.1) is 5.92 Å². The molecule has 0 aliphatic heterocycles. The highest BCUT2D eigenvalue weighted by Crippen LogP contribution is 2.16. The summed E-state index contributed by atoms with van der Waals surface area (Å²) in [6, 6.07) is 7.99. The summed E-state index contributed by atoms with van der Waals surface area (Å²) in [5.74, 6) is 1.43. The van der Waals surface area contributed by atoms with Crippen molar-refractivity contribution in [3.63, 3.8) is 0 Å². The molecule has 1 aromatic rings. The Bertz CT molecular complexity index is 307. The summed E-state index contributed by atoms with van der Waals surface area (Å²) in [7, 11) is 0. The van der Waals surface area contributed by atoms with Gasteiger partial charge in [-0.3, -0.25) is 0 Å². The van der Waals surface area contributed by atoms with Crippen LogP contribution in [0.3, 0.4) is 0 Å². The number of ether oxygens (including phenoxy) is 1. The number of aliphatic hydroxyl groups excluding tert-OH is 1. The van der Waals surface area contributed by atoms with E-state index in [2.05, 4.69) is 13.8 Å². The predicted molar refractivity (Wildman–Crippen MR) is 66.8 cm³/mol. The molecule has 1 atom stereocenters. The Balaban J connectivity index is 2.56. The second kappa shape index (κ2) is 6.54. The lowest BCUT2D eigenvalue weighted by Crippen LogP contribution is -2.09. The van der Waals surface area contributed by atoms with Crippen LogP contribution in [0.25, 0.3) is 0 Å². The third-order valence-electron chi connectivity index (χ3n) is 2.42. The molecule has 1 aromatic carbocycles. The first-order chi connectivity index (χ1) is 7.61. The zero-order valence-corrected chi connectivity index (χ0v) is 10.4. The smallest absolute Gasteiger partial charge is 0.119 e. The molecule has 0 bridgehead atoms. The molecular formula is C14H22O2. The molecule has 0 spiro atoms. The highest BCUT2D eigenvalue weighted by molar-refractivity contribution is 5.28. The third kappa shape index (κ3) is 4.67. The van der Waals surface area contributed by atoms with Crippen LogP contribution in [0.1, 0.15) is 32.8 Å². The summed E-state index contributed by atoms with van der Waals surface area (Å²) in [6.07, 6.45) is 1.24. The average molecular weight is 222 g/mol. The van der Waals surface area contributed by atoms with Gasteiger partial charge in [-0.1, -0.05) is 32.9 Å². The fraction of sp³-hybridized carbons (Fsp3) is 0.571. The Labute approximate surface area is 98.3 Å². The van der Waals surface area contributed by atoms with Crippen molar-refractivity contribution in [2.75, 3.05) is 6.61 Å². The molecule has 0 fully saturated rings. The monoisotopic (exact) mass is 222 g/mol. The molecule has 2 nitrogen and oxygen atoms in total. The Kier molecular flexibility index (Phi) is 5.33. The molecule has 0 radical (unpaired) electrons. The largest absolute Gasteiger partial charge is 0.493 e. The third-order valence-corrected chi connectivity index (χ3v) is 2.42. The zero-order chi connectivity index (χ0) is 12.0. The van der Waals surface area contributed by atoms with E-state index in [4.69, 9.17) is 4.74 Å². The van der Waals surface area contributed by atoms with E-state index in [1.54, 1.807) is 0 Å².